The average molecular weight is 430 g/mol. The van der Waals surface area contributed by atoms with Crippen molar-refractivity contribution in [3.05, 3.63) is 101 Å². The van der Waals surface area contributed by atoms with Gasteiger partial charge < -0.3 is 20.1 Å². The molecule has 1 amide bonds. The van der Waals surface area contributed by atoms with E-state index in [1.807, 2.05) is 72.2 Å². The third-order valence-corrected chi connectivity index (χ3v) is 5.68. The van der Waals surface area contributed by atoms with Crippen LogP contribution in [0, 0.1) is 0 Å². The maximum Gasteiger partial charge on any atom is 0.251 e. The molecule has 0 aliphatic heterocycles. The van der Waals surface area contributed by atoms with Gasteiger partial charge in [-0.3, -0.25) is 4.79 Å². The van der Waals surface area contributed by atoms with Gasteiger partial charge in [-0.05, 0) is 43.2 Å². The summed E-state index contributed by atoms with van der Waals surface area (Å²) in [6.07, 6.45) is 0. The first kappa shape index (κ1) is 21.7. The third kappa shape index (κ3) is 3.79. The van der Waals surface area contributed by atoms with E-state index in [-0.39, 0.29) is 18.6 Å². The summed E-state index contributed by atoms with van der Waals surface area (Å²) in [6.45, 7) is 4.16. The van der Waals surface area contributed by atoms with Crippen LogP contribution >= 0.6 is 0 Å². The number of benzene rings is 3. The van der Waals surface area contributed by atoms with Crippen LogP contribution < -0.4 is 5.32 Å². The molecule has 0 saturated carbocycles. The van der Waals surface area contributed by atoms with Crippen molar-refractivity contribution in [3.8, 4) is 0 Å². The van der Waals surface area contributed by atoms with E-state index in [0.717, 1.165) is 5.52 Å². The minimum Gasteiger partial charge on any atom is -0.394 e. The molecule has 4 aromatic rings. The maximum absolute atomic E-state index is 12.6. The summed E-state index contributed by atoms with van der Waals surface area (Å²) in [7, 11) is 0. The lowest BCUT2D eigenvalue weighted by Gasteiger charge is -2.29. The van der Waals surface area contributed by atoms with Gasteiger partial charge in [0.25, 0.3) is 5.91 Å². The van der Waals surface area contributed by atoms with Crippen molar-refractivity contribution in [3.63, 3.8) is 0 Å². The molecule has 0 saturated heterocycles. The molecule has 1 atom stereocenters. The molecule has 6 nitrogen and oxygen atoms in total. The van der Waals surface area contributed by atoms with Crippen LogP contribution in [0.15, 0.2) is 78.9 Å². The van der Waals surface area contributed by atoms with E-state index in [1.54, 1.807) is 25.1 Å². The lowest BCUT2D eigenvalue weighted by atomic mass is 9.85. The van der Waals surface area contributed by atoms with Crippen LogP contribution in [0.4, 0.5) is 0 Å². The Bertz CT molecular complexity index is 1180. The number of nitrogens with one attached hydrogen (secondary N) is 1. The molecular weight excluding hydrogens is 402 g/mol. The molecule has 3 aromatic carbocycles. The molecule has 0 spiro atoms. The molecule has 0 fully saturated rings. The van der Waals surface area contributed by atoms with Crippen molar-refractivity contribution in [1.82, 2.24) is 14.9 Å². The van der Waals surface area contributed by atoms with Gasteiger partial charge in [-0.25, -0.2) is 4.98 Å². The lowest BCUT2D eigenvalue weighted by Crippen LogP contribution is -2.35. The fraction of sp³-hybridized carbons (Fsp3) is 0.231. The molecule has 164 valence electrons. The minimum atomic E-state index is -1.47. The van der Waals surface area contributed by atoms with Crippen molar-refractivity contribution in [1.29, 1.82) is 0 Å². The number of nitrogens with zero attached hydrogens (tertiary/aromatic N) is 2. The molecule has 4 rings (SSSR count). The second-order valence-corrected chi connectivity index (χ2v) is 7.88. The number of fused-ring (bicyclic) bond motifs is 1. The fourth-order valence-corrected chi connectivity index (χ4v) is 4.00. The first-order valence-corrected chi connectivity index (χ1v) is 10.7. The van der Waals surface area contributed by atoms with Crippen LogP contribution in [-0.2, 0) is 12.1 Å². The molecule has 32 heavy (non-hydrogen) atoms. The molecule has 6 heteroatoms. The quantitative estimate of drug-likeness (QED) is 0.420. The minimum absolute atomic E-state index is 0.133. The summed E-state index contributed by atoms with van der Waals surface area (Å²) >= 11 is 0. The number of imidazole rings is 1. The van der Waals surface area contributed by atoms with E-state index in [1.165, 1.54) is 0 Å². The first-order chi connectivity index (χ1) is 15.5. The topological polar surface area (TPSA) is 87.4 Å². The number of aryl methyl sites for hydroxylation is 1. The number of aliphatic hydroxyl groups excluding tert-OH is 1. The number of carbonyl (C=O) groups is 1. The van der Waals surface area contributed by atoms with Gasteiger partial charge in [0.1, 0.15) is 0 Å². The van der Waals surface area contributed by atoms with Gasteiger partial charge in [0, 0.05) is 18.2 Å². The highest BCUT2D eigenvalue weighted by molar-refractivity contribution is 5.97. The predicted molar refractivity (Wildman–Crippen MR) is 124 cm³/mol. The molecule has 3 N–H and O–H groups in total. The van der Waals surface area contributed by atoms with E-state index < -0.39 is 5.60 Å². The summed E-state index contributed by atoms with van der Waals surface area (Å²) in [5.74, 6) is 0.230. The number of carbonyl (C=O) groups excluding carboxylic acids is 1. The van der Waals surface area contributed by atoms with Crippen LogP contribution in [0.25, 0.3) is 11.0 Å². The molecule has 1 aromatic heterocycles. The Kier molecular flexibility index (Phi) is 6.08. The van der Waals surface area contributed by atoms with Crippen LogP contribution in [0.5, 0.6) is 0 Å². The van der Waals surface area contributed by atoms with Crippen molar-refractivity contribution in [2.24, 2.45) is 0 Å². The summed E-state index contributed by atoms with van der Waals surface area (Å²) < 4.78 is 1.95. The third-order valence-electron chi connectivity index (χ3n) is 5.68. The van der Waals surface area contributed by atoms with Gasteiger partial charge in [0.15, 0.2) is 11.4 Å². The van der Waals surface area contributed by atoms with Crippen LogP contribution in [0.1, 0.15) is 41.2 Å². The zero-order valence-corrected chi connectivity index (χ0v) is 18.2. The zero-order valence-electron chi connectivity index (χ0n) is 18.2. The first-order valence-electron chi connectivity index (χ1n) is 10.7. The van der Waals surface area contributed by atoms with Gasteiger partial charge in [0.05, 0.1) is 17.6 Å². The van der Waals surface area contributed by atoms with Gasteiger partial charge in [-0.1, -0.05) is 60.7 Å². The second kappa shape index (κ2) is 8.94. The summed E-state index contributed by atoms with van der Waals surface area (Å²) in [4.78, 5) is 17.4. The summed E-state index contributed by atoms with van der Waals surface area (Å²) in [5.41, 5.74) is 1.89. The molecular formula is C26H27N3O3. The van der Waals surface area contributed by atoms with E-state index >= 15 is 0 Å². The van der Waals surface area contributed by atoms with Crippen LogP contribution in [-0.4, -0.2) is 38.3 Å². The SMILES string of the molecule is CCn1c(C(O)(c2ccccc2)c2ccccc2)nc2ccc(C(=O)NC(C)CO)cc21. The summed E-state index contributed by atoms with van der Waals surface area (Å²) in [5, 5.41) is 24.2. The largest absolute Gasteiger partial charge is 0.394 e. The Morgan fingerprint density at radius 1 is 1.03 bits per heavy atom. The molecule has 0 aliphatic carbocycles. The van der Waals surface area contributed by atoms with Gasteiger partial charge in [0.2, 0.25) is 0 Å². The van der Waals surface area contributed by atoms with Crippen molar-refractivity contribution >= 4 is 16.9 Å². The molecule has 0 bridgehead atoms. The van der Waals surface area contributed by atoms with Crippen molar-refractivity contribution in [2.75, 3.05) is 6.61 Å². The fourth-order valence-electron chi connectivity index (χ4n) is 4.00. The zero-order chi connectivity index (χ0) is 22.7. The van der Waals surface area contributed by atoms with E-state index in [2.05, 4.69) is 5.32 Å². The van der Waals surface area contributed by atoms with Crippen molar-refractivity contribution < 1.29 is 15.0 Å². The maximum atomic E-state index is 12.6. The molecule has 1 heterocycles. The molecule has 0 aliphatic rings. The average Bonchev–Trinajstić information content (AvgIpc) is 3.22. The van der Waals surface area contributed by atoms with Gasteiger partial charge in [-0.15, -0.1) is 0 Å². The highest BCUT2D eigenvalue weighted by Crippen LogP contribution is 2.37. The molecule has 1 unspecified atom stereocenters. The second-order valence-electron chi connectivity index (χ2n) is 7.88. The highest BCUT2D eigenvalue weighted by Gasteiger charge is 2.38. The predicted octanol–water partition coefficient (Wildman–Crippen LogP) is 3.45. The smallest absolute Gasteiger partial charge is 0.251 e. The lowest BCUT2D eigenvalue weighted by molar-refractivity contribution is 0.0922. The number of hydrogen-bond donors (Lipinski definition) is 3. The number of aromatic nitrogens is 2. The monoisotopic (exact) mass is 429 g/mol. The van der Waals surface area contributed by atoms with Crippen LogP contribution in [0.3, 0.4) is 0 Å². The Morgan fingerprint density at radius 2 is 1.62 bits per heavy atom. The Balaban J connectivity index is 1.91. The standard InChI is InChI=1S/C26H27N3O3/c1-3-29-23-16-19(24(31)27-18(2)17-30)14-15-22(23)28-25(29)26(32,20-10-6-4-7-11-20)21-12-8-5-9-13-21/h4-16,18,30,32H,3,17H2,1-2H3,(H,27,31). The Morgan fingerprint density at radius 3 is 2.16 bits per heavy atom. The Hall–Kier alpha value is -3.48. The molecule has 0 radical (unpaired) electrons. The van der Waals surface area contributed by atoms with E-state index in [4.69, 9.17) is 4.98 Å². The van der Waals surface area contributed by atoms with E-state index in [0.29, 0.717) is 34.6 Å². The summed E-state index contributed by atoms with van der Waals surface area (Å²) in [6, 6.07) is 23.9. The normalized spacial score (nSPS) is 12.6. The number of aliphatic hydroxyl groups is 2. The number of amides is 1. The Labute approximate surface area is 187 Å². The van der Waals surface area contributed by atoms with Crippen molar-refractivity contribution in [2.45, 2.75) is 32.0 Å². The van der Waals surface area contributed by atoms with Gasteiger partial charge in [-0.2, -0.15) is 0 Å². The van der Waals surface area contributed by atoms with Gasteiger partial charge >= 0.3 is 0 Å². The van der Waals surface area contributed by atoms with E-state index in [9.17, 15) is 15.0 Å². The van der Waals surface area contributed by atoms with Crippen LogP contribution in [0.2, 0.25) is 0 Å². The number of hydrogen-bond acceptors (Lipinski definition) is 4. The highest BCUT2D eigenvalue weighted by atomic mass is 16.3. The number of rotatable bonds is 7.